The Morgan fingerprint density at radius 1 is 0.617 bits per heavy atom. The molecule has 0 saturated carbocycles. The van der Waals surface area contributed by atoms with Crippen molar-refractivity contribution in [2.45, 2.75) is 44.9 Å². The molecule has 2 aromatic rings. The van der Waals surface area contributed by atoms with Crippen molar-refractivity contribution < 1.29 is 9.59 Å². The number of unbranched alkanes of at least 4 members (excludes halogenated alkanes) is 4. The summed E-state index contributed by atoms with van der Waals surface area (Å²) in [5.74, 6) is -1.78. The van der Waals surface area contributed by atoms with Crippen molar-refractivity contribution in [2.75, 3.05) is 75.3 Å². The molecule has 18 nitrogen and oxygen atoms in total. The summed E-state index contributed by atoms with van der Waals surface area (Å²) in [4.78, 5) is 53.3. The number of guanidine groups is 2. The highest BCUT2D eigenvalue weighted by Gasteiger charge is 2.18. The lowest BCUT2D eigenvalue weighted by atomic mass is 10.2. The van der Waals surface area contributed by atoms with Crippen molar-refractivity contribution in [3.05, 3.63) is 21.7 Å². The van der Waals surface area contributed by atoms with E-state index in [2.05, 4.69) is 50.4 Å². The second-order valence-corrected chi connectivity index (χ2v) is 11.6. The maximum atomic E-state index is 12.3. The lowest BCUT2D eigenvalue weighted by molar-refractivity contribution is 0.0964. The predicted octanol–water partition coefficient (Wildman–Crippen LogP) is 0.0397. The number of halogens is 2. The number of carbonyl (C=O) groups is 2. The van der Waals surface area contributed by atoms with Crippen LogP contribution in [0.2, 0.25) is 10.3 Å². The number of rotatable bonds is 14. The minimum atomic E-state index is -0.657. The van der Waals surface area contributed by atoms with Crippen LogP contribution in [0.15, 0.2) is 9.98 Å². The second kappa shape index (κ2) is 18.8. The highest BCUT2D eigenvalue weighted by Crippen LogP contribution is 2.18. The van der Waals surface area contributed by atoms with Crippen LogP contribution in [-0.2, 0) is 0 Å². The minimum absolute atomic E-state index is 0.0275. The van der Waals surface area contributed by atoms with Crippen LogP contribution < -0.4 is 45.0 Å². The number of nitrogens with two attached hydrogens (primary N) is 6. The van der Waals surface area contributed by atoms with Gasteiger partial charge in [-0.3, -0.25) is 30.2 Å². The van der Waals surface area contributed by atoms with Crippen molar-refractivity contribution in [3.8, 4) is 0 Å². The normalized spacial score (nSPS) is 14.9. The lowest BCUT2D eigenvalue weighted by Crippen LogP contribution is -2.38. The van der Waals surface area contributed by atoms with Gasteiger partial charge in [-0.15, -0.1) is 0 Å². The summed E-state index contributed by atoms with van der Waals surface area (Å²) in [6, 6.07) is 0. The summed E-state index contributed by atoms with van der Waals surface area (Å²) in [7, 11) is 0. The zero-order valence-electron chi connectivity index (χ0n) is 26.2. The molecule has 0 atom stereocenters. The maximum Gasteiger partial charge on any atom is 0.280 e. The highest BCUT2D eigenvalue weighted by molar-refractivity contribution is 6.32. The summed E-state index contributed by atoms with van der Waals surface area (Å²) >= 11 is 11.6. The molecular weight excluding hydrogens is 651 g/mol. The van der Waals surface area contributed by atoms with Gasteiger partial charge in [-0.1, -0.05) is 36.0 Å². The number of nitrogens with one attached hydrogen (secondary N) is 2. The SMILES string of the molecule is NC(=NCCCCCN1CCCN(CCCCCN=C(N)NC(=O)c2nc(Cl)c(N)nc2N)CC1)NC(=O)c1nc(Cl)c(N)nc1N. The summed E-state index contributed by atoms with van der Waals surface area (Å²) < 4.78 is 0. The van der Waals surface area contributed by atoms with Gasteiger partial charge in [0, 0.05) is 26.2 Å². The van der Waals surface area contributed by atoms with Gasteiger partial charge in [0.2, 0.25) is 0 Å². The van der Waals surface area contributed by atoms with Crippen LogP contribution in [0.25, 0.3) is 0 Å². The standard InChI is InChI=1S/C27H44Cl2N16O2/c28-18-22(32)40-20(30)16(38-18)24(46)42-26(34)36-8-3-1-5-10-44-12-7-13-45(15-14-44)11-6-2-4-9-37-27(35)43-25(47)17-21(31)41-23(33)19(29)39-17/h1-15H2,(H4,30,32,40)(H4,31,33,41)(H3,34,36,42,46)(H3,35,37,43,47). The molecule has 0 radical (unpaired) electrons. The zero-order chi connectivity index (χ0) is 34.3. The number of carbonyl (C=O) groups excluding carboxylic acids is 2. The van der Waals surface area contributed by atoms with Crippen LogP contribution in [0, 0.1) is 0 Å². The Balaban J connectivity index is 1.23. The van der Waals surface area contributed by atoms with E-state index >= 15 is 0 Å². The molecule has 1 aliphatic heterocycles. The number of nitrogen functional groups attached to an aromatic ring is 4. The molecule has 1 saturated heterocycles. The number of hydrogen-bond acceptors (Lipinski definition) is 14. The van der Waals surface area contributed by atoms with E-state index in [1.54, 1.807) is 0 Å². The molecule has 20 heteroatoms. The van der Waals surface area contributed by atoms with E-state index in [-0.39, 0.29) is 56.9 Å². The fourth-order valence-corrected chi connectivity index (χ4v) is 5.02. The predicted molar refractivity (Wildman–Crippen MR) is 185 cm³/mol. The first-order valence-corrected chi connectivity index (χ1v) is 16.0. The quantitative estimate of drug-likeness (QED) is 0.0736. The Morgan fingerprint density at radius 2 is 1.02 bits per heavy atom. The Morgan fingerprint density at radius 3 is 1.43 bits per heavy atom. The number of aliphatic imine (C=N–C) groups is 2. The fraction of sp³-hybridized carbons (Fsp3) is 0.556. The second-order valence-electron chi connectivity index (χ2n) is 10.9. The van der Waals surface area contributed by atoms with Crippen LogP contribution in [0.4, 0.5) is 23.3 Å². The van der Waals surface area contributed by atoms with Gasteiger partial charge < -0.3 is 44.2 Å². The molecule has 1 aliphatic rings. The van der Waals surface area contributed by atoms with E-state index in [0.29, 0.717) is 13.1 Å². The van der Waals surface area contributed by atoms with Crippen molar-refractivity contribution >= 4 is 70.2 Å². The molecule has 14 N–H and O–H groups in total. The molecule has 47 heavy (non-hydrogen) atoms. The molecule has 258 valence electrons. The molecule has 2 amide bonds. The molecule has 0 aromatic carbocycles. The van der Waals surface area contributed by atoms with Gasteiger partial charge in [0.25, 0.3) is 11.8 Å². The lowest BCUT2D eigenvalue weighted by Gasteiger charge is -2.21. The molecule has 2 aromatic heterocycles. The van der Waals surface area contributed by atoms with Gasteiger partial charge >= 0.3 is 0 Å². The number of hydrogen-bond donors (Lipinski definition) is 8. The van der Waals surface area contributed by atoms with Crippen LogP contribution in [-0.4, -0.2) is 106 Å². The van der Waals surface area contributed by atoms with E-state index in [0.717, 1.165) is 84.2 Å². The minimum Gasteiger partial charge on any atom is -0.382 e. The van der Waals surface area contributed by atoms with E-state index in [1.165, 1.54) is 0 Å². The van der Waals surface area contributed by atoms with Gasteiger partial charge in [-0.05, 0) is 58.3 Å². The van der Waals surface area contributed by atoms with E-state index in [4.69, 9.17) is 57.6 Å². The van der Waals surface area contributed by atoms with Crippen molar-refractivity contribution in [1.29, 1.82) is 0 Å². The Labute approximate surface area is 283 Å². The molecule has 1 fully saturated rings. The van der Waals surface area contributed by atoms with Crippen LogP contribution in [0.5, 0.6) is 0 Å². The third kappa shape index (κ3) is 12.5. The molecule has 0 bridgehead atoms. The fourth-order valence-electron chi connectivity index (χ4n) is 4.77. The van der Waals surface area contributed by atoms with Gasteiger partial charge in [-0.2, -0.15) is 0 Å². The first kappa shape index (κ1) is 37.2. The van der Waals surface area contributed by atoms with Crippen LogP contribution in [0.3, 0.4) is 0 Å². The average Bonchev–Trinajstić information content (AvgIpc) is 3.25. The third-order valence-electron chi connectivity index (χ3n) is 7.23. The molecule has 0 spiro atoms. The third-order valence-corrected chi connectivity index (χ3v) is 7.79. The van der Waals surface area contributed by atoms with E-state index in [1.807, 2.05) is 0 Å². The smallest absolute Gasteiger partial charge is 0.280 e. The first-order chi connectivity index (χ1) is 22.4. The van der Waals surface area contributed by atoms with Gasteiger partial charge in [-0.25, -0.2) is 19.9 Å². The molecular formula is C27H44Cl2N16O2. The number of amides is 2. The van der Waals surface area contributed by atoms with Crippen molar-refractivity contribution in [2.24, 2.45) is 21.5 Å². The summed E-state index contributed by atoms with van der Waals surface area (Å²) in [5, 5.41) is 4.64. The maximum absolute atomic E-state index is 12.3. The summed E-state index contributed by atoms with van der Waals surface area (Å²) in [6.07, 6.45) is 6.90. The zero-order valence-corrected chi connectivity index (χ0v) is 27.7. The van der Waals surface area contributed by atoms with Crippen molar-refractivity contribution in [1.82, 2.24) is 40.4 Å². The summed E-state index contributed by atoms with van der Waals surface area (Å²) in [5.41, 5.74) is 33.8. The largest absolute Gasteiger partial charge is 0.382 e. The van der Waals surface area contributed by atoms with E-state index < -0.39 is 11.8 Å². The number of anilines is 4. The van der Waals surface area contributed by atoms with Gasteiger partial charge in [0.1, 0.15) is 0 Å². The van der Waals surface area contributed by atoms with Crippen LogP contribution in [0.1, 0.15) is 65.9 Å². The number of nitrogens with zero attached hydrogens (tertiary/aromatic N) is 8. The number of aromatic nitrogens is 4. The highest BCUT2D eigenvalue weighted by atomic mass is 35.5. The molecule has 0 aliphatic carbocycles. The van der Waals surface area contributed by atoms with Gasteiger partial charge in [0.15, 0.2) is 56.9 Å². The monoisotopic (exact) mass is 694 g/mol. The Hall–Kier alpha value is -4.26. The molecule has 0 unspecified atom stereocenters. The summed E-state index contributed by atoms with van der Waals surface area (Å²) in [6.45, 7) is 7.25. The average molecular weight is 696 g/mol. The van der Waals surface area contributed by atoms with Crippen LogP contribution >= 0.6 is 23.2 Å². The van der Waals surface area contributed by atoms with Gasteiger partial charge in [0.05, 0.1) is 0 Å². The Bertz CT molecular complexity index is 1330. The van der Waals surface area contributed by atoms with Crippen molar-refractivity contribution in [3.63, 3.8) is 0 Å². The topological polar surface area (TPSA) is 297 Å². The first-order valence-electron chi connectivity index (χ1n) is 15.3. The van der Waals surface area contributed by atoms with E-state index in [9.17, 15) is 9.59 Å². The molecule has 3 rings (SSSR count). The Kier molecular flexibility index (Phi) is 14.9. The molecule has 3 heterocycles.